The van der Waals surface area contributed by atoms with Gasteiger partial charge in [0.1, 0.15) is 22.6 Å². The van der Waals surface area contributed by atoms with E-state index in [4.69, 9.17) is 67.5 Å². The van der Waals surface area contributed by atoms with E-state index in [2.05, 4.69) is 17.5 Å². The Morgan fingerprint density at radius 3 is 1.53 bits per heavy atom. The maximum atomic E-state index is 12.4. The molecule has 0 atom stereocenters. The normalized spacial score (nSPS) is 15.3. The number of rotatable bonds is 8. The number of nitrogens with zero attached hydrogens (tertiary/aromatic N) is 5. The molecule has 0 spiro atoms. The molecule has 4 rings (SSSR count). The monoisotopic (exact) mass is 830 g/mol. The Kier molecular flexibility index (Phi) is 17.0. The predicted molar refractivity (Wildman–Crippen MR) is 205 cm³/mol. The summed E-state index contributed by atoms with van der Waals surface area (Å²) in [5.74, 6) is -0.711. The average molecular weight is 833 g/mol. The van der Waals surface area contributed by atoms with Crippen LogP contribution in [-0.2, 0) is 32.2 Å². The van der Waals surface area contributed by atoms with Gasteiger partial charge >= 0.3 is 12.2 Å². The zero-order valence-electron chi connectivity index (χ0n) is 30.4. The standard InChI is InChI=1S/C18H21Cl2N3O3.C16H20ClN3O2.C2H2Cl2O/c1-17(2,3)26-16(25)22-11-18(10-21,12-22)23(15(24)8-19)9-13-4-6-14(20)7-5-13;1-15(2,3)22-14(21)20-10-16(9-18,11-20)19-8-12-4-6-13(17)7-5-12;3-1-2(4)5/h4-7H,8-9,11-12H2,1-3H3;4-7,19H,8,10-11H2,1-3H3;1H2. The molecule has 12 nitrogen and oxygen atoms in total. The van der Waals surface area contributed by atoms with Crippen LogP contribution in [0.3, 0.4) is 0 Å². The molecule has 2 aliphatic rings. The Bertz CT molecular complexity index is 1650. The van der Waals surface area contributed by atoms with Gasteiger partial charge in [-0.3, -0.25) is 14.9 Å². The van der Waals surface area contributed by atoms with Gasteiger partial charge in [-0.05, 0) is 88.5 Å². The van der Waals surface area contributed by atoms with E-state index in [0.717, 1.165) is 11.1 Å². The minimum Gasteiger partial charge on any atom is -0.444 e. The van der Waals surface area contributed by atoms with Gasteiger partial charge in [-0.1, -0.05) is 47.5 Å². The largest absolute Gasteiger partial charge is 0.444 e. The maximum absolute atomic E-state index is 12.4. The van der Waals surface area contributed by atoms with Gasteiger partial charge in [0.05, 0.1) is 44.2 Å². The van der Waals surface area contributed by atoms with Crippen molar-refractivity contribution in [1.29, 1.82) is 10.5 Å². The van der Waals surface area contributed by atoms with E-state index in [-0.39, 0.29) is 43.4 Å². The van der Waals surface area contributed by atoms with E-state index in [9.17, 15) is 29.7 Å². The summed E-state index contributed by atoms with van der Waals surface area (Å²) in [4.78, 5) is 50.2. The summed E-state index contributed by atoms with van der Waals surface area (Å²) in [5, 5.41) is 23.1. The van der Waals surface area contributed by atoms with E-state index in [1.165, 1.54) is 14.7 Å². The van der Waals surface area contributed by atoms with Crippen LogP contribution in [0, 0.1) is 22.7 Å². The molecule has 0 aromatic heterocycles. The van der Waals surface area contributed by atoms with E-state index in [1.54, 1.807) is 45.0 Å². The Hall–Kier alpha value is -3.49. The lowest BCUT2D eigenvalue weighted by Crippen LogP contribution is -2.71. The zero-order valence-corrected chi connectivity index (χ0v) is 34.1. The van der Waals surface area contributed by atoms with E-state index in [0.29, 0.717) is 29.7 Å². The highest BCUT2D eigenvalue weighted by molar-refractivity contribution is 6.67. The van der Waals surface area contributed by atoms with Gasteiger partial charge in [-0.15, -0.1) is 23.2 Å². The first-order valence-electron chi connectivity index (χ1n) is 16.2. The molecule has 2 heterocycles. The van der Waals surface area contributed by atoms with Gasteiger partial charge in [0.2, 0.25) is 11.1 Å². The van der Waals surface area contributed by atoms with Gasteiger partial charge in [-0.25, -0.2) is 9.59 Å². The number of nitriles is 2. The fourth-order valence-corrected chi connectivity index (χ4v) is 5.22. The van der Waals surface area contributed by atoms with Crippen LogP contribution >= 0.6 is 58.0 Å². The summed E-state index contributed by atoms with van der Waals surface area (Å²) in [6.07, 6.45) is -0.889. The van der Waals surface area contributed by atoms with Crippen LogP contribution in [0.5, 0.6) is 0 Å². The van der Waals surface area contributed by atoms with Gasteiger partial charge in [0.25, 0.3) is 0 Å². The minimum absolute atomic E-state index is 0.0780. The number of benzene rings is 2. The fourth-order valence-electron chi connectivity index (χ4n) is 4.82. The summed E-state index contributed by atoms with van der Waals surface area (Å²) < 4.78 is 10.6. The van der Waals surface area contributed by atoms with Crippen LogP contribution in [0.15, 0.2) is 48.5 Å². The summed E-state index contributed by atoms with van der Waals surface area (Å²) >= 11 is 27.0. The zero-order chi connectivity index (χ0) is 40.2. The highest BCUT2D eigenvalue weighted by Gasteiger charge is 2.53. The molecule has 1 N–H and O–H groups in total. The van der Waals surface area contributed by atoms with Crippen LogP contribution in [0.25, 0.3) is 0 Å². The van der Waals surface area contributed by atoms with Crippen molar-refractivity contribution in [3.63, 3.8) is 0 Å². The molecule has 53 heavy (non-hydrogen) atoms. The Balaban J connectivity index is 0.000000329. The van der Waals surface area contributed by atoms with Crippen molar-refractivity contribution in [1.82, 2.24) is 20.0 Å². The molecule has 3 amide bonds. The second kappa shape index (κ2) is 19.7. The molecule has 17 heteroatoms. The third-order valence-electron chi connectivity index (χ3n) is 7.39. The van der Waals surface area contributed by atoms with Crippen LogP contribution in [-0.4, -0.2) is 98.3 Å². The molecular formula is C36H43Cl5N6O6. The van der Waals surface area contributed by atoms with Crippen molar-refractivity contribution in [3.8, 4) is 12.1 Å². The van der Waals surface area contributed by atoms with Crippen LogP contribution < -0.4 is 5.32 Å². The molecule has 0 radical (unpaired) electrons. The maximum Gasteiger partial charge on any atom is 0.410 e. The second-order valence-electron chi connectivity index (χ2n) is 14.2. The molecule has 0 saturated carbocycles. The number of amides is 3. The van der Waals surface area contributed by atoms with Crippen molar-refractivity contribution in [3.05, 3.63) is 69.7 Å². The minimum atomic E-state index is -1.12. The lowest BCUT2D eigenvalue weighted by molar-refractivity contribution is -0.140. The number of carbonyl (C=O) groups is 4. The number of nitrogens with one attached hydrogen (secondary N) is 1. The number of hydrogen-bond acceptors (Lipinski definition) is 9. The second-order valence-corrected chi connectivity index (χ2v) is 16.0. The first kappa shape index (κ1) is 45.7. The molecule has 2 aliphatic heterocycles. The van der Waals surface area contributed by atoms with Crippen LogP contribution in [0.1, 0.15) is 52.7 Å². The van der Waals surface area contributed by atoms with Crippen molar-refractivity contribution in [2.75, 3.05) is 37.9 Å². The van der Waals surface area contributed by atoms with E-state index < -0.39 is 33.6 Å². The van der Waals surface area contributed by atoms with Crippen molar-refractivity contribution >= 4 is 81.3 Å². The number of likely N-dealkylation sites (tertiary alicyclic amines) is 2. The first-order valence-corrected chi connectivity index (χ1v) is 18.4. The fraction of sp³-hybridized carbons (Fsp3) is 0.500. The topological polar surface area (TPSA) is 156 Å². The molecule has 2 aromatic rings. The first-order chi connectivity index (χ1) is 24.6. The summed E-state index contributed by atoms with van der Waals surface area (Å²) in [6.45, 7) is 12.3. The Morgan fingerprint density at radius 2 is 1.17 bits per heavy atom. The third-order valence-corrected chi connectivity index (χ3v) is 8.63. The molecule has 0 unspecified atom stereocenters. The van der Waals surface area contributed by atoms with Gasteiger partial charge in [0.15, 0.2) is 5.54 Å². The van der Waals surface area contributed by atoms with Gasteiger partial charge in [0, 0.05) is 23.1 Å². The highest BCUT2D eigenvalue weighted by Crippen LogP contribution is 2.31. The van der Waals surface area contributed by atoms with Crippen molar-refractivity contribution in [2.45, 2.75) is 76.9 Å². The van der Waals surface area contributed by atoms with Crippen LogP contribution in [0.4, 0.5) is 9.59 Å². The average Bonchev–Trinajstić information content (AvgIpc) is 3.04. The number of alkyl halides is 2. The smallest absolute Gasteiger partial charge is 0.410 e. The van der Waals surface area contributed by atoms with Crippen molar-refractivity contribution < 1.29 is 28.7 Å². The molecular weight excluding hydrogens is 790 g/mol. The van der Waals surface area contributed by atoms with Crippen LogP contribution in [0.2, 0.25) is 10.0 Å². The number of carbonyl (C=O) groups excluding carboxylic acids is 4. The predicted octanol–water partition coefficient (Wildman–Crippen LogP) is 7.35. The Labute approximate surface area is 335 Å². The molecule has 0 bridgehead atoms. The van der Waals surface area contributed by atoms with Crippen molar-refractivity contribution in [2.24, 2.45) is 0 Å². The SMILES string of the molecule is CC(C)(C)OC(=O)N1CC(C#N)(N(Cc2ccc(Cl)cc2)C(=O)CCl)C1.CC(C)(C)OC(=O)N1CC(C#N)(NCc2ccc(Cl)cc2)C1.O=C(Cl)CCl. The molecule has 0 aliphatic carbocycles. The molecule has 2 aromatic carbocycles. The third kappa shape index (κ3) is 14.7. The quantitative estimate of drug-likeness (QED) is 0.212. The molecule has 288 valence electrons. The molecule has 2 fully saturated rings. The summed E-state index contributed by atoms with van der Waals surface area (Å²) in [7, 11) is 0. The number of ether oxygens (including phenoxy) is 2. The number of halogens is 5. The summed E-state index contributed by atoms with van der Waals surface area (Å²) in [5.41, 5.74) is -1.14. The van der Waals surface area contributed by atoms with E-state index >= 15 is 0 Å². The lowest BCUT2D eigenvalue weighted by Gasteiger charge is -2.51. The van der Waals surface area contributed by atoms with E-state index in [1.807, 2.05) is 45.0 Å². The Morgan fingerprint density at radius 1 is 0.755 bits per heavy atom. The summed E-state index contributed by atoms with van der Waals surface area (Å²) in [6, 6.07) is 18.9. The van der Waals surface area contributed by atoms with Gasteiger partial charge in [-0.2, -0.15) is 10.5 Å². The lowest BCUT2D eigenvalue weighted by atomic mass is 9.89. The molecule has 2 saturated heterocycles. The van der Waals surface area contributed by atoms with Gasteiger partial charge < -0.3 is 24.2 Å². The highest BCUT2D eigenvalue weighted by atomic mass is 35.5. The number of hydrogen-bond donors (Lipinski definition) is 1.